The van der Waals surface area contributed by atoms with Crippen molar-refractivity contribution >= 4 is 11.6 Å². The van der Waals surface area contributed by atoms with E-state index in [-0.39, 0.29) is 18.4 Å². The molecule has 5 nitrogen and oxygen atoms in total. The number of carbonyl (C=O) groups is 1. The Bertz CT molecular complexity index is 723. The fourth-order valence-corrected chi connectivity index (χ4v) is 2.86. The van der Waals surface area contributed by atoms with Gasteiger partial charge in [0.1, 0.15) is 6.61 Å². The lowest BCUT2D eigenvalue weighted by atomic mass is 10.1. The Balaban J connectivity index is 1.78. The van der Waals surface area contributed by atoms with Crippen LogP contribution >= 0.6 is 0 Å². The van der Waals surface area contributed by atoms with Crippen LogP contribution in [0.5, 0.6) is 0 Å². The lowest BCUT2D eigenvalue weighted by Crippen LogP contribution is -2.23. The van der Waals surface area contributed by atoms with Gasteiger partial charge in [0.15, 0.2) is 0 Å². The molecule has 1 saturated carbocycles. The molecule has 0 aliphatic heterocycles. The fraction of sp³-hybridized carbons (Fsp3) is 0.412. The first-order valence-corrected chi connectivity index (χ1v) is 8.06. The highest BCUT2D eigenvalue weighted by Gasteiger charge is 2.31. The molecule has 1 N–H and O–H groups in total. The molecular weight excluding hydrogens is 335 g/mol. The Morgan fingerprint density at radius 3 is 2.72 bits per heavy atom. The van der Waals surface area contributed by atoms with Crippen LogP contribution in [0.1, 0.15) is 31.2 Å². The maximum Gasteiger partial charge on any atom is 0.416 e. The number of rotatable bonds is 5. The first-order chi connectivity index (χ1) is 11.9. The fourth-order valence-electron chi connectivity index (χ4n) is 2.86. The van der Waals surface area contributed by atoms with Gasteiger partial charge in [0.2, 0.25) is 5.91 Å². The minimum atomic E-state index is -4.50. The molecule has 2 aromatic rings. The number of hydrogen-bond donors (Lipinski definition) is 1. The zero-order valence-corrected chi connectivity index (χ0v) is 13.4. The van der Waals surface area contributed by atoms with Gasteiger partial charge in [0.25, 0.3) is 0 Å². The van der Waals surface area contributed by atoms with Crippen molar-refractivity contribution in [1.29, 1.82) is 0 Å². The maximum atomic E-state index is 13.0. The number of amides is 1. The van der Waals surface area contributed by atoms with E-state index in [1.165, 1.54) is 16.9 Å². The normalized spacial score (nSPS) is 15.5. The molecule has 1 aliphatic carbocycles. The summed E-state index contributed by atoms with van der Waals surface area (Å²) in [4.78, 5) is 12.1. The highest BCUT2D eigenvalue weighted by Crippen LogP contribution is 2.33. The Hall–Kier alpha value is -2.35. The van der Waals surface area contributed by atoms with Crippen LogP contribution < -0.4 is 5.32 Å². The molecule has 134 valence electrons. The molecule has 1 amide bonds. The quantitative estimate of drug-likeness (QED) is 0.890. The highest BCUT2D eigenvalue weighted by atomic mass is 19.4. The van der Waals surface area contributed by atoms with Crippen molar-refractivity contribution in [2.75, 3.05) is 11.9 Å². The molecule has 1 fully saturated rings. The van der Waals surface area contributed by atoms with Crippen LogP contribution in [0.2, 0.25) is 0 Å². The predicted molar refractivity (Wildman–Crippen MR) is 85.4 cm³/mol. The minimum absolute atomic E-state index is 0.0403. The largest absolute Gasteiger partial charge is 0.416 e. The van der Waals surface area contributed by atoms with Crippen molar-refractivity contribution in [2.45, 2.75) is 38.0 Å². The van der Waals surface area contributed by atoms with E-state index in [1.54, 1.807) is 12.3 Å². The zero-order valence-electron chi connectivity index (χ0n) is 13.4. The number of halogens is 3. The van der Waals surface area contributed by atoms with Crippen LogP contribution in [0.3, 0.4) is 0 Å². The van der Waals surface area contributed by atoms with Crippen molar-refractivity contribution in [2.24, 2.45) is 0 Å². The van der Waals surface area contributed by atoms with E-state index >= 15 is 0 Å². The summed E-state index contributed by atoms with van der Waals surface area (Å²) in [6.07, 6.45) is 2.62. The third-order valence-corrected chi connectivity index (χ3v) is 4.10. The number of benzene rings is 1. The summed E-state index contributed by atoms with van der Waals surface area (Å²) in [5, 5.41) is 6.52. The lowest BCUT2D eigenvalue weighted by molar-refractivity contribution is -0.137. The number of nitrogens with one attached hydrogen (secondary N) is 1. The van der Waals surface area contributed by atoms with Gasteiger partial charge in [-0.05, 0) is 37.1 Å². The molecule has 0 bridgehead atoms. The van der Waals surface area contributed by atoms with Gasteiger partial charge in [-0.2, -0.15) is 18.3 Å². The third-order valence-electron chi connectivity index (χ3n) is 4.10. The van der Waals surface area contributed by atoms with Crippen molar-refractivity contribution in [3.05, 3.63) is 42.2 Å². The monoisotopic (exact) mass is 353 g/mol. The van der Waals surface area contributed by atoms with Crippen LogP contribution in [0.4, 0.5) is 18.9 Å². The molecule has 1 aromatic heterocycles. The molecule has 8 heteroatoms. The average Bonchev–Trinajstić information content (AvgIpc) is 3.26. The first kappa shape index (κ1) is 17.5. The summed E-state index contributed by atoms with van der Waals surface area (Å²) in [7, 11) is 0. The summed E-state index contributed by atoms with van der Waals surface area (Å²) in [6, 6.07) is 4.79. The van der Waals surface area contributed by atoms with Crippen molar-refractivity contribution in [3.8, 4) is 5.69 Å². The number of ether oxygens (including phenoxy) is 1. The zero-order chi connectivity index (χ0) is 17.9. The van der Waals surface area contributed by atoms with Gasteiger partial charge < -0.3 is 10.1 Å². The molecule has 25 heavy (non-hydrogen) atoms. The Morgan fingerprint density at radius 1 is 1.32 bits per heavy atom. The molecular formula is C17H18F3N3O2. The van der Waals surface area contributed by atoms with Gasteiger partial charge in [-0.25, -0.2) is 4.68 Å². The molecule has 0 spiro atoms. The minimum Gasteiger partial charge on any atom is -0.368 e. The topological polar surface area (TPSA) is 56.1 Å². The molecule has 0 atom stereocenters. The number of alkyl halides is 3. The number of carbonyl (C=O) groups excluding carboxylic acids is 1. The molecule has 3 rings (SSSR count). The summed E-state index contributed by atoms with van der Waals surface area (Å²) in [6.45, 7) is -0.181. The van der Waals surface area contributed by atoms with Crippen molar-refractivity contribution in [3.63, 3.8) is 0 Å². The van der Waals surface area contributed by atoms with E-state index in [0.29, 0.717) is 5.69 Å². The smallest absolute Gasteiger partial charge is 0.368 e. The number of aromatic nitrogens is 2. The standard InChI is InChI=1S/C17H18F3N3O2/c18-17(19,20)12-6-7-15(23-9-3-8-21-23)14(10-12)22-16(24)11-25-13-4-1-2-5-13/h3,6-10,13H,1-2,4-5,11H2,(H,22,24). The number of hydrogen-bond acceptors (Lipinski definition) is 3. The maximum absolute atomic E-state index is 13.0. The Labute approximate surface area is 142 Å². The van der Waals surface area contributed by atoms with Crippen LogP contribution in [-0.2, 0) is 15.7 Å². The van der Waals surface area contributed by atoms with Crippen molar-refractivity contribution in [1.82, 2.24) is 9.78 Å². The number of nitrogens with zero attached hydrogens (tertiary/aromatic N) is 2. The van der Waals surface area contributed by atoms with E-state index in [1.807, 2.05) is 0 Å². The number of anilines is 1. The van der Waals surface area contributed by atoms with Crippen LogP contribution in [0.15, 0.2) is 36.7 Å². The van der Waals surface area contributed by atoms with Crippen molar-refractivity contribution < 1.29 is 22.7 Å². The van der Waals surface area contributed by atoms with E-state index < -0.39 is 17.6 Å². The van der Waals surface area contributed by atoms with Gasteiger partial charge in [-0.15, -0.1) is 0 Å². The van der Waals surface area contributed by atoms with Gasteiger partial charge in [-0.1, -0.05) is 12.8 Å². The second-order valence-electron chi connectivity index (χ2n) is 5.95. The molecule has 1 heterocycles. The second kappa shape index (κ2) is 7.26. The highest BCUT2D eigenvalue weighted by molar-refractivity contribution is 5.93. The Kier molecular flexibility index (Phi) is 5.08. The summed E-state index contributed by atoms with van der Waals surface area (Å²) < 4.78 is 45.8. The third kappa shape index (κ3) is 4.39. The van der Waals surface area contributed by atoms with Crippen LogP contribution in [0, 0.1) is 0 Å². The van der Waals surface area contributed by atoms with Crippen LogP contribution in [0.25, 0.3) is 5.69 Å². The van der Waals surface area contributed by atoms with Gasteiger partial charge in [0.05, 0.1) is 23.0 Å². The molecule has 1 aromatic carbocycles. The van der Waals surface area contributed by atoms with E-state index in [2.05, 4.69) is 10.4 Å². The van der Waals surface area contributed by atoms with E-state index in [9.17, 15) is 18.0 Å². The van der Waals surface area contributed by atoms with Gasteiger partial charge in [-0.3, -0.25) is 4.79 Å². The second-order valence-corrected chi connectivity index (χ2v) is 5.95. The van der Waals surface area contributed by atoms with Crippen LogP contribution in [-0.4, -0.2) is 28.4 Å². The average molecular weight is 353 g/mol. The lowest BCUT2D eigenvalue weighted by Gasteiger charge is -2.15. The van der Waals surface area contributed by atoms with E-state index in [4.69, 9.17) is 4.74 Å². The predicted octanol–water partition coefficient (Wildman–Crippen LogP) is 3.79. The summed E-state index contributed by atoms with van der Waals surface area (Å²) in [5.74, 6) is -0.486. The molecule has 0 saturated heterocycles. The van der Waals surface area contributed by atoms with Gasteiger partial charge >= 0.3 is 6.18 Å². The summed E-state index contributed by atoms with van der Waals surface area (Å²) >= 11 is 0. The molecule has 0 unspecified atom stereocenters. The first-order valence-electron chi connectivity index (χ1n) is 8.06. The Morgan fingerprint density at radius 2 is 2.08 bits per heavy atom. The molecule has 0 radical (unpaired) electrons. The van der Waals surface area contributed by atoms with E-state index in [0.717, 1.165) is 37.8 Å². The summed E-state index contributed by atoms with van der Waals surface area (Å²) in [5.41, 5.74) is -0.443. The van der Waals surface area contributed by atoms with Gasteiger partial charge in [0, 0.05) is 12.4 Å². The molecule has 1 aliphatic rings. The SMILES string of the molecule is O=C(COC1CCCC1)Nc1cc(C(F)(F)F)ccc1-n1cccn1.